The van der Waals surface area contributed by atoms with Crippen LogP contribution in [0.2, 0.25) is 0 Å². The highest BCUT2D eigenvalue weighted by Gasteiger charge is 2.62. The van der Waals surface area contributed by atoms with Crippen molar-refractivity contribution in [2.24, 2.45) is 5.41 Å². The molecule has 5 rings (SSSR count). The lowest BCUT2D eigenvalue weighted by Gasteiger charge is -2.34. The van der Waals surface area contributed by atoms with E-state index < -0.39 is 50.8 Å². The quantitative estimate of drug-likeness (QED) is 0.621. The highest BCUT2D eigenvalue weighted by Crippen LogP contribution is 2.56. The molecule has 0 aromatic heterocycles. The van der Waals surface area contributed by atoms with Crippen molar-refractivity contribution in [3.05, 3.63) is 59.7 Å². The Labute approximate surface area is 202 Å². The summed E-state index contributed by atoms with van der Waals surface area (Å²) in [6.07, 6.45) is 1.07. The highest BCUT2D eigenvalue weighted by molar-refractivity contribution is 7.89. The monoisotopic (exact) mass is 508 g/mol. The molecule has 1 spiro atoms. The number of carbonyl (C=O) groups excluding carboxylic acids is 1. The fourth-order valence-electron chi connectivity index (χ4n) is 5.18. The third-order valence-electron chi connectivity index (χ3n) is 7.43. The molecule has 1 aliphatic carbocycles. The van der Waals surface area contributed by atoms with E-state index in [1.165, 1.54) is 4.90 Å². The van der Waals surface area contributed by atoms with Gasteiger partial charge in [-0.25, -0.2) is 26.3 Å². The lowest BCUT2D eigenvalue weighted by atomic mass is 9.91. The lowest BCUT2D eigenvalue weighted by Crippen LogP contribution is -2.53. The van der Waals surface area contributed by atoms with Crippen molar-refractivity contribution in [3.8, 4) is 11.1 Å². The molecule has 0 radical (unpaired) electrons. The van der Waals surface area contributed by atoms with Gasteiger partial charge in [-0.1, -0.05) is 30.3 Å². The van der Waals surface area contributed by atoms with Crippen LogP contribution in [0.1, 0.15) is 31.7 Å². The Hall–Kier alpha value is -2.43. The summed E-state index contributed by atoms with van der Waals surface area (Å²) < 4.78 is 77.0. The zero-order valence-electron chi connectivity index (χ0n) is 19.2. The largest absolute Gasteiger partial charge is 0.368 e. The van der Waals surface area contributed by atoms with Gasteiger partial charge in [0.25, 0.3) is 5.91 Å². The van der Waals surface area contributed by atoms with E-state index in [9.17, 15) is 22.0 Å². The molecule has 0 bridgehead atoms. The number of amides is 1. The number of alkyl halides is 1. The Bertz CT molecular complexity index is 1230. The molecule has 2 saturated heterocycles. The Kier molecular flexibility index (Phi) is 6.17. The van der Waals surface area contributed by atoms with E-state index in [1.54, 1.807) is 30.3 Å². The first kappa shape index (κ1) is 24.3. The Morgan fingerprint density at radius 3 is 2.49 bits per heavy atom. The minimum Gasteiger partial charge on any atom is -0.368 e. The van der Waals surface area contributed by atoms with Crippen molar-refractivity contribution >= 4 is 15.9 Å². The number of benzene rings is 2. The molecule has 3 fully saturated rings. The van der Waals surface area contributed by atoms with Gasteiger partial charge in [0, 0.05) is 30.0 Å². The molecule has 1 amide bonds. The summed E-state index contributed by atoms with van der Waals surface area (Å²) in [6.45, 7) is 1.64. The lowest BCUT2D eigenvalue weighted by molar-refractivity contribution is -0.157. The Morgan fingerprint density at radius 1 is 1.23 bits per heavy atom. The van der Waals surface area contributed by atoms with Crippen molar-refractivity contribution < 1.29 is 31.1 Å². The van der Waals surface area contributed by atoms with Gasteiger partial charge in [-0.05, 0) is 49.4 Å². The number of hydrogen-bond acceptors (Lipinski definition) is 4. The van der Waals surface area contributed by atoms with Gasteiger partial charge in [0.05, 0.1) is 12.6 Å². The molecule has 188 valence electrons. The summed E-state index contributed by atoms with van der Waals surface area (Å²) in [5.74, 6) is -1.58. The van der Waals surface area contributed by atoms with Crippen LogP contribution in [0.3, 0.4) is 0 Å². The van der Waals surface area contributed by atoms with Crippen molar-refractivity contribution in [1.82, 2.24) is 9.62 Å². The molecule has 10 heteroatoms. The van der Waals surface area contributed by atoms with E-state index in [4.69, 9.17) is 4.74 Å². The van der Waals surface area contributed by atoms with Crippen LogP contribution in [0.15, 0.2) is 42.5 Å². The second-order valence-corrected chi connectivity index (χ2v) is 11.7. The number of rotatable bonds is 7. The zero-order chi connectivity index (χ0) is 25.0. The summed E-state index contributed by atoms with van der Waals surface area (Å²) in [6, 6.07) is 9.08. The Balaban J connectivity index is 1.54. The fourth-order valence-corrected chi connectivity index (χ4v) is 6.13. The first-order valence-electron chi connectivity index (χ1n) is 11.7. The minimum absolute atomic E-state index is 0.0244. The normalized spacial score (nSPS) is 25.9. The number of nitrogens with one attached hydrogen (secondary N) is 1. The van der Waals surface area contributed by atoms with Gasteiger partial charge in [-0.2, -0.15) is 0 Å². The molecule has 2 aromatic rings. The average molecular weight is 509 g/mol. The predicted octanol–water partition coefficient (Wildman–Crippen LogP) is 3.56. The van der Waals surface area contributed by atoms with Gasteiger partial charge in [-0.3, -0.25) is 4.79 Å². The number of hydrogen-bond donors (Lipinski definition) is 1. The summed E-state index contributed by atoms with van der Waals surface area (Å²) >= 11 is 0. The summed E-state index contributed by atoms with van der Waals surface area (Å²) in [5.41, 5.74) is -2.12. The van der Waals surface area contributed by atoms with Crippen molar-refractivity contribution in [3.63, 3.8) is 0 Å². The molecular weight excluding hydrogens is 481 g/mol. The van der Waals surface area contributed by atoms with E-state index in [0.29, 0.717) is 31.4 Å². The van der Waals surface area contributed by atoms with E-state index in [2.05, 4.69) is 4.72 Å². The van der Waals surface area contributed by atoms with Crippen LogP contribution < -0.4 is 4.72 Å². The van der Waals surface area contributed by atoms with Crippen LogP contribution in [-0.2, 0) is 26.0 Å². The molecule has 2 aromatic carbocycles. The zero-order valence-corrected chi connectivity index (χ0v) is 20.0. The molecule has 4 atom stereocenters. The molecule has 0 unspecified atom stereocenters. The molecule has 3 aliphatic rings. The van der Waals surface area contributed by atoms with Crippen LogP contribution in [0.25, 0.3) is 11.1 Å². The second-order valence-electron chi connectivity index (χ2n) is 9.72. The van der Waals surface area contributed by atoms with Crippen LogP contribution in [0.5, 0.6) is 0 Å². The maximum atomic E-state index is 15.7. The van der Waals surface area contributed by atoms with Gasteiger partial charge in [0.15, 0.2) is 0 Å². The predicted molar refractivity (Wildman–Crippen MR) is 123 cm³/mol. The topological polar surface area (TPSA) is 75.7 Å². The number of likely N-dealkylation sites (tertiary alicyclic amines) is 1. The molecule has 35 heavy (non-hydrogen) atoms. The smallest absolute Gasteiger partial charge is 0.252 e. The van der Waals surface area contributed by atoms with Gasteiger partial charge in [0.1, 0.15) is 17.7 Å². The molecule has 6 nitrogen and oxygen atoms in total. The molecule has 1 N–H and O–H groups in total. The van der Waals surface area contributed by atoms with Crippen LogP contribution in [0, 0.1) is 17.0 Å². The van der Waals surface area contributed by atoms with Crippen LogP contribution in [0.4, 0.5) is 13.2 Å². The first-order valence-corrected chi connectivity index (χ1v) is 13.3. The number of halogens is 3. The summed E-state index contributed by atoms with van der Waals surface area (Å²) in [7, 11) is -4.32. The van der Waals surface area contributed by atoms with Crippen molar-refractivity contribution in [1.29, 1.82) is 0 Å². The standard InChI is InChI=1S/C25H27F3N2O4S/c1-15(26)35(32,33)29-23-20(30(14-25(23)8-9-25)24(31)21-7-10-34-21)12-17-11-18(27)13-19(22(17)28)16-5-3-2-4-6-16/h2-6,11,13,15,20-21,23,29H,7-10,12,14H2,1H3/t15-,20+,21-,23-/m1/s1. The second kappa shape index (κ2) is 8.90. The first-order chi connectivity index (χ1) is 16.6. The number of sulfonamides is 1. The molecule has 2 heterocycles. The van der Waals surface area contributed by atoms with E-state index in [1.807, 2.05) is 0 Å². The van der Waals surface area contributed by atoms with Gasteiger partial charge in [-0.15, -0.1) is 0 Å². The summed E-state index contributed by atoms with van der Waals surface area (Å²) in [5, 5.41) is 0. The average Bonchev–Trinajstić information content (AvgIpc) is 3.50. The van der Waals surface area contributed by atoms with E-state index >= 15 is 4.39 Å². The SMILES string of the molecule is C[C@H](F)S(=O)(=O)N[C@@H]1[C@H](Cc2cc(F)cc(-c3ccccc3)c2F)N(C(=O)[C@H]2CCO2)CC12CC2. The summed E-state index contributed by atoms with van der Waals surface area (Å²) in [4.78, 5) is 14.7. The molecular formula is C25H27F3N2O4S. The van der Waals surface area contributed by atoms with Gasteiger partial charge in [0.2, 0.25) is 15.5 Å². The number of carbonyl (C=O) groups is 1. The fraction of sp³-hybridized carbons (Fsp3) is 0.480. The van der Waals surface area contributed by atoms with Crippen LogP contribution >= 0.6 is 0 Å². The van der Waals surface area contributed by atoms with Gasteiger partial charge >= 0.3 is 0 Å². The van der Waals surface area contributed by atoms with Crippen LogP contribution in [-0.4, -0.2) is 56.1 Å². The van der Waals surface area contributed by atoms with Gasteiger partial charge < -0.3 is 9.64 Å². The maximum Gasteiger partial charge on any atom is 0.252 e. The number of nitrogens with zero attached hydrogens (tertiary/aromatic N) is 1. The maximum absolute atomic E-state index is 15.7. The highest BCUT2D eigenvalue weighted by atomic mass is 32.2. The number of ether oxygens (including phenoxy) is 1. The third kappa shape index (κ3) is 4.47. The van der Waals surface area contributed by atoms with E-state index in [-0.39, 0.29) is 30.0 Å². The molecule has 2 aliphatic heterocycles. The third-order valence-corrected chi connectivity index (χ3v) is 8.86. The van der Waals surface area contributed by atoms with Crippen molar-refractivity contribution in [2.75, 3.05) is 13.2 Å². The van der Waals surface area contributed by atoms with E-state index in [0.717, 1.165) is 19.1 Å². The Morgan fingerprint density at radius 2 is 1.91 bits per heavy atom. The minimum atomic E-state index is -4.32. The van der Waals surface area contributed by atoms with Crippen molar-refractivity contribution in [2.45, 2.75) is 56.3 Å². The molecule has 1 saturated carbocycles.